The maximum absolute atomic E-state index is 10.9. The van der Waals surface area contributed by atoms with Gasteiger partial charge >= 0.3 is 0 Å². The molecule has 4 heteroatoms. The molecule has 0 saturated heterocycles. The molecule has 2 N–H and O–H groups in total. The average molecular weight is 320 g/mol. The van der Waals surface area contributed by atoms with Gasteiger partial charge in [-0.2, -0.15) is 0 Å². The summed E-state index contributed by atoms with van der Waals surface area (Å²) in [4.78, 5) is 28.1. The van der Waals surface area contributed by atoms with Crippen molar-refractivity contribution in [1.82, 2.24) is 9.97 Å². The molecule has 0 unspecified atom stereocenters. The number of hydrogen-bond donors (Lipinski definition) is 2. The minimum absolute atomic E-state index is 0.342. The Morgan fingerprint density at radius 2 is 1.71 bits per heavy atom. The maximum atomic E-state index is 10.9. The second-order valence-corrected chi connectivity index (χ2v) is 6.69. The number of fused-ring (bicyclic) bond motifs is 1. The van der Waals surface area contributed by atoms with Crippen molar-refractivity contribution in [3.8, 4) is 0 Å². The van der Waals surface area contributed by atoms with Gasteiger partial charge < -0.3 is 9.97 Å². The third-order valence-electron chi connectivity index (χ3n) is 5.23. The van der Waals surface area contributed by atoms with Crippen LogP contribution in [-0.4, -0.2) is 22.5 Å². The van der Waals surface area contributed by atoms with E-state index in [0.29, 0.717) is 23.2 Å². The van der Waals surface area contributed by atoms with Crippen LogP contribution in [0.5, 0.6) is 0 Å². The van der Waals surface area contributed by atoms with E-state index in [2.05, 4.69) is 22.1 Å². The summed E-state index contributed by atoms with van der Waals surface area (Å²) in [6.45, 7) is 0. The van der Waals surface area contributed by atoms with Gasteiger partial charge in [0, 0.05) is 17.3 Å². The molecule has 2 atom stereocenters. The first-order valence-corrected chi connectivity index (χ1v) is 8.48. The molecule has 2 aliphatic carbocycles. The van der Waals surface area contributed by atoms with Gasteiger partial charge in [0.05, 0.1) is 11.4 Å². The van der Waals surface area contributed by atoms with Gasteiger partial charge in [-0.3, -0.25) is 9.59 Å². The largest absolute Gasteiger partial charge is 0.356 e. The summed E-state index contributed by atoms with van der Waals surface area (Å²) in [6.07, 6.45) is 10.8. The molecule has 0 amide bonds. The summed E-state index contributed by atoms with van der Waals surface area (Å²) < 4.78 is 0. The van der Waals surface area contributed by atoms with Crippen LogP contribution in [0.4, 0.5) is 0 Å². The number of carbonyl (C=O) groups is 2. The van der Waals surface area contributed by atoms with Crippen molar-refractivity contribution in [3.63, 3.8) is 0 Å². The smallest absolute Gasteiger partial charge is 0.166 e. The molecule has 0 radical (unpaired) electrons. The Kier molecular flexibility index (Phi) is 3.81. The lowest BCUT2D eigenvalue weighted by Gasteiger charge is -2.31. The molecule has 4 rings (SSSR count). The number of H-pyrrole nitrogens is 2. The Hall–Kier alpha value is -2.62. The second-order valence-electron chi connectivity index (χ2n) is 6.69. The molecule has 2 heterocycles. The van der Waals surface area contributed by atoms with Crippen molar-refractivity contribution in [3.05, 3.63) is 64.8 Å². The lowest BCUT2D eigenvalue weighted by atomic mass is 9.74. The van der Waals surface area contributed by atoms with Crippen LogP contribution in [0, 0.1) is 5.92 Å². The lowest BCUT2D eigenvalue weighted by Crippen LogP contribution is -2.16. The normalized spacial score (nSPS) is 23.2. The summed E-state index contributed by atoms with van der Waals surface area (Å²) in [7, 11) is 0. The molecule has 0 aliphatic heterocycles. The van der Waals surface area contributed by atoms with Gasteiger partial charge in [0.1, 0.15) is 0 Å². The fraction of sp³-hybridized carbons (Fsp3) is 0.300. The minimum atomic E-state index is 0.342. The Morgan fingerprint density at radius 1 is 0.917 bits per heavy atom. The van der Waals surface area contributed by atoms with E-state index in [-0.39, 0.29) is 0 Å². The van der Waals surface area contributed by atoms with Gasteiger partial charge in [0.25, 0.3) is 0 Å². The fourth-order valence-corrected chi connectivity index (χ4v) is 3.92. The number of aromatic nitrogens is 2. The number of rotatable bonds is 4. The molecule has 0 bridgehead atoms. The van der Waals surface area contributed by atoms with Crippen LogP contribution in [0.1, 0.15) is 64.0 Å². The van der Waals surface area contributed by atoms with E-state index in [0.717, 1.165) is 43.2 Å². The molecule has 122 valence electrons. The molecule has 2 aromatic heterocycles. The highest BCUT2D eigenvalue weighted by molar-refractivity contribution is 5.76. The lowest BCUT2D eigenvalue weighted by molar-refractivity contribution is 0.111. The Balaban J connectivity index is 1.63. The minimum Gasteiger partial charge on any atom is -0.356 e. The van der Waals surface area contributed by atoms with Crippen LogP contribution in [0.15, 0.2) is 42.0 Å². The van der Waals surface area contributed by atoms with Crippen LogP contribution in [0.3, 0.4) is 0 Å². The first-order chi connectivity index (χ1) is 11.8. The molecular formula is C20H20N2O2. The summed E-state index contributed by atoms with van der Waals surface area (Å²) in [5.41, 5.74) is 6.08. The molecule has 0 fully saturated rings. The van der Waals surface area contributed by atoms with Crippen LogP contribution < -0.4 is 0 Å². The highest BCUT2D eigenvalue weighted by atomic mass is 16.1. The second kappa shape index (κ2) is 6.11. The third-order valence-corrected chi connectivity index (χ3v) is 5.23. The Bertz CT molecular complexity index is 837. The average Bonchev–Trinajstić information content (AvgIpc) is 3.30. The van der Waals surface area contributed by atoms with Crippen molar-refractivity contribution in [2.45, 2.75) is 31.6 Å². The van der Waals surface area contributed by atoms with E-state index in [1.807, 2.05) is 24.3 Å². The molecule has 0 saturated carbocycles. The zero-order chi connectivity index (χ0) is 16.5. The van der Waals surface area contributed by atoms with Crippen molar-refractivity contribution in [2.75, 3.05) is 0 Å². The number of nitrogens with one attached hydrogen (secondary N) is 2. The summed E-state index contributed by atoms with van der Waals surface area (Å²) in [5, 5.41) is 0. The van der Waals surface area contributed by atoms with E-state index in [1.165, 1.54) is 17.6 Å². The van der Waals surface area contributed by atoms with E-state index < -0.39 is 0 Å². The van der Waals surface area contributed by atoms with E-state index in [9.17, 15) is 9.59 Å². The highest BCUT2D eigenvalue weighted by Gasteiger charge is 2.27. The Labute approximate surface area is 140 Å². The number of aldehydes is 2. The third kappa shape index (κ3) is 2.68. The van der Waals surface area contributed by atoms with Gasteiger partial charge in [0.15, 0.2) is 12.6 Å². The summed E-state index contributed by atoms with van der Waals surface area (Å²) in [5.74, 6) is 0.973. The van der Waals surface area contributed by atoms with E-state index >= 15 is 0 Å². The van der Waals surface area contributed by atoms with Crippen LogP contribution >= 0.6 is 0 Å². The van der Waals surface area contributed by atoms with Crippen molar-refractivity contribution < 1.29 is 9.59 Å². The SMILES string of the molecule is O=Cc1ccc(C2=CC3=C[C@H](c4ccc(C=O)[nH]4)CC[C@H]3CC2)[nH]1. The molecule has 2 aromatic rings. The van der Waals surface area contributed by atoms with Crippen molar-refractivity contribution >= 4 is 18.1 Å². The molecule has 2 aliphatic rings. The van der Waals surface area contributed by atoms with Gasteiger partial charge in [-0.1, -0.05) is 12.2 Å². The van der Waals surface area contributed by atoms with E-state index in [4.69, 9.17) is 0 Å². The molecule has 4 nitrogen and oxygen atoms in total. The highest BCUT2D eigenvalue weighted by Crippen LogP contribution is 2.42. The van der Waals surface area contributed by atoms with Gasteiger partial charge in [0.2, 0.25) is 0 Å². The quantitative estimate of drug-likeness (QED) is 0.826. The van der Waals surface area contributed by atoms with Crippen LogP contribution in [-0.2, 0) is 0 Å². The number of carbonyl (C=O) groups excluding carboxylic acids is 2. The zero-order valence-electron chi connectivity index (χ0n) is 13.4. The predicted octanol–water partition coefficient (Wildman–Crippen LogP) is 4.27. The van der Waals surface area contributed by atoms with Crippen molar-refractivity contribution in [2.24, 2.45) is 5.92 Å². The number of aromatic amines is 2. The maximum Gasteiger partial charge on any atom is 0.166 e. The van der Waals surface area contributed by atoms with Crippen LogP contribution in [0.2, 0.25) is 0 Å². The standard InChI is InChI=1S/C20H20N2O2/c23-11-17-5-7-19(21-17)14-3-1-13-2-4-15(10-16(13)9-14)20-8-6-18(12-24)22-20/h5-14,21-22H,1-4H2/t13-,14+/m0/s1. The predicted molar refractivity (Wildman–Crippen MR) is 93.1 cm³/mol. The van der Waals surface area contributed by atoms with Gasteiger partial charge in [-0.25, -0.2) is 0 Å². The fourth-order valence-electron chi connectivity index (χ4n) is 3.92. The first kappa shape index (κ1) is 14.9. The summed E-state index contributed by atoms with van der Waals surface area (Å²) in [6, 6.07) is 7.67. The van der Waals surface area contributed by atoms with E-state index in [1.54, 1.807) is 0 Å². The van der Waals surface area contributed by atoms with Crippen LogP contribution in [0.25, 0.3) is 5.57 Å². The van der Waals surface area contributed by atoms with Crippen molar-refractivity contribution in [1.29, 1.82) is 0 Å². The molecule has 0 spiro atoms. The van der Waals surface area contributed by atoms with Gasteiger partial charge in [-0.05, 0) is 67.0 Å². The first-order valence-electron chi connectivity index (χ1n) is 8.48. The molecular weight excluding hydrogens is 300 g/mol. The monoisotopic (exact) mass is 320 g/mol. The van der Waals surface area contributed by atoms with Gasteiger partial charge in [-0.15, -0.1) is 0 Å². The number of hydrogen-bond acceptors (Lipinski definition) is 2. The topological polar surface area (TPSA) is 65.7 Å². The zero-order valence-corrected chi connectivity index (χ0v) is 13.4. The Morgan fingerprint density at radius 3 is 2.46 bits per heavy atom. The summed E-state index contributed by atoms with van der Waals surface area (Å²) >= 11 is 0. The molecule has 0 aromatic carbocycles. The number of allylic oxidation sites excluding steroid dienone is 4. The molecule has 24 heavy (non-hydrogen) atoms.